The van der Waals surface area contributed by atoms with Crippen LogP contribution in [0.1, 0.15) is 29.2 Å². The maximum absolute atomic E-state index is 13.5. The zero-order valence-electron chi connectivity index (χ0n) is 19.0. The highest BCUT2D eigenvalue weighted by atomic mass is 32.1. The molecule has 0 aliphatic carbocycles. The monoisotopic (exact) mass is 477 g/mol. The molecular weight excluding hydrogens is 454 g/mol. The highest BCUT2D eigenvalue weighted by molar-refractivity contribution is 7.09. The van der Waals surface area contributed by atoms with E-state index in [1.807, 2.05) is 31.4 Å². The van der Waals surface area contributed by atoms with Gasteiger partial charge in [-0.05, 0) is 57.2 Å². The lowest BCUT2D eigenvalue weighted by molar-refractivity contribution is -0.122. The molecule has 34 heavy (non-hydrogen) atoms. The van der Waals surface area contributed by atoms with Crippen molar-refractivity contribution in [1.82, 2.24) is 4.98 Å². The van der Waals surface area contributed by atoms with Crippen LogP contribution in [0.3, 0.4) is 0 Å². The van der Waals surface area contributed by atoms with Crippen LogP contribution in [0.5, 0.6) is 11.5 Å². The van der Waals surface area contributed by atoms with Gasteiger partial charge >= 0.3 is 0 Å². The van der Waals surface area contributed by atoms with Gasteiger partial charge in [0.15, 0.2) is 19.0 Å². The third-order valence-electron chi connectivity index (χ3n) is 6.02. The number of nitrogens with zero attached hydrogens (tertiary/aromatic N) is 3. The molecule has 0 bridgehead atoms. The summed E-state index contributed by atoms with van der Waals surface area (Å²) in [4.78, 5) is 46.3. The first-order valence-electron chi connectivity index (χ1n) is 11.0. The molecule has 2 aliphatic heterocycles. The lowest BCUT2D eigenvalue weighted by atomic mass is 10.0. The van der Waals surface area contributed by atoms with Crippen LogP contribution >= 0.6 is 11.3 Å². The van der Waals surface area contributed by atoms with E-state index in [2.05, 4.69) is 4.98 Å². The van der Waals surface area contributed by atoms with E-state index in [0.717, 1.165) is 16.3 Å². The van der Waals surface area contributed by atoms with Crippen molar-refractivity contribution in [3.05, 3.63) is 52.3 Å². The summed E-state index contributed by atoms with van der Waals surface area (Å²) in [5.74, 6) is 0.396. The lowest BCUT2D eigenvalue weighted by Crippen LogP contribution is -2.48. The fourth-order valence-corrected chi connectivity index (χ4v) is 4.93. The summed E-state index contributed by atoms with van der Waals surface area (Å²) in [7, 11) is 0. The maximum atomic E-state index is 13.5. The average Bonchev–Trinajstić information content (AvgIpc) is 3.28. The number of amides is 2. The third-order valence-corrected chi connectivity index (χ3v) is 6.80. The molecule has 0 spiro atoms. The smallest absolute Gasteiger partial charge is 0.265 e. The third kappa shape index (κ3) is 3.71. The Hall–Kier alpha value is -3.72. The van der Waals surface area contributed by atoms with Crippen LogP contribution in [0.4, 0.5) is 11.4 Å². The lowest BCUT2D eigenvalue weighted by Gasteiger charge is -2.34. The van der Waals surface area contributed by atoms with Crippen molar-refractivity contribution in [3.63, 3.8) is 0 Å². The first-order chi connectivity index (χ1) is 16.4. The molecular formula is C25H23N3O5S. The van der Waals surface area contributed by atoms with Gasteiger partial charge in [-0.2, -0.15) is 0 Å². The number of rotatable bonds is 5. The quantitative estimate of drug-likeness (QED) is 0.519. The van der Waals surface area contributed by atoms with Crippen molar-refractivity contribution in [2.45, 2.75) is 26.8 Å². The summed E-state index contributed by atoms with van der Waals surface area (Å²) in [6.45, 7) is 5.81. The zero-order chi connectivity index (χ0) is 24.0. The molecule has 0 saturated carbocycles. The number of thiazole rings is 1. The van der Waals surface area contributed by atoms with Gasteiger partial charge in [0, 0.05) is 23.1 Å². The normalized spacial score (nSPS) is 15.9. The van der Waals surface area contributed by atoms with E-state index >= 15 is 0 Å². The van der Waals surface area contributed by atoms with E-state index in [1.54, 1.807) is 47.4 Å². The number of ether oxygens (including phenoxy) is 2. The minimum atomic E-state index is -0.782. The molecule has 1 unspecified atom stereocenters. The number of aromatic nitrogens is 1. The minimum absolute atomic E-state index is 0.0234. The van der Waals surface area contributed by atoms with Crippen LogP contribution in [0.15, 0.2) is 41.8 Å². The second-order valence-corrected chi connectivity index (χ2v) is 9.20. The van der Waals surface area contributed by atoms with E-state index in [0.29, 0.717) is 35.0 Å². The van der Waals surface area contributed by atoms with E-state index in [1.165, 1.54) is 4.90 Å². The van der Waals surface area contributed by atoms with Crippen LogP contribution < -0.4 is 19.3 Å². The molecule has 0 N–H and O–H groups in total. The summed E-state index contributed by atoms with van der Waals surface area (Å²) in [5, 5.41) is 2.90. The van der Waals surface area contributed by atoms with Crippen molar-refractivity contribution < 1.29 is 23.9 Å². The van der Waals surface area contributed by atoms with Crippen LogP contribution in [0.25, 0.3) is 11.3 Å². The second-order valence-electron chi connectivity index (χ2n) is 8.14. The molecule has 9 heteroatoms. The Kier molecular flexibility index (Phi) is 5.57. The largest absolute Gasteiger partial charge is 0.482 e. The number of aryl methyl sites for hydroxylation is 1. The Labute approximate surface area is 200 Å². The van der Waals surface area contributed by atoms with Gasteiger partial charge in [0.25, 0.3) is 11.8 Å². The molecule has 2 amide bonds. The number of fused-ring (bicyclic) bond motifs is 2. The predicted molar refractivity (Wildman–Crippen MR) is 129 cm³/mol. The Morgan fingerprint density at radius 2 is 1.76 bits per heavy atom. The highest BCUT2D eigenvalue weighted by Gasteiger charge is 2.35. The topological polar surface area (TPSA) is 89.0 Å². The average molecular weight is 478 g/mol. The number of likely N-dealkylation sites (N-methyl/N-ethyl adjacent to an activating group) is 1. The molecule has 2 aliphatic rings. The SMILES string of the molecule is CCN1C(=O)COc2ccc(C(=O)C(C)N3C(=O)COc4ccc(-c5csc(C)n5)cc43)cc21. The summed E-state index contributed by atoms with van der Waals surface area (Å²) in [5.41, 5.74) is 3.14. The molecule has 0 radical (unpaired) electrons. The predicted octanol–water partition coefficient (Wildman–Crippen LogP) is 3.86. The Morgan fingerprint density at radius 3 is 2.47 bits per heavy atom. The van der Waals surface area contributed by atoms with Crippen LogP contribution in [-0.4, -0.2) is 48.4 Å². The van der Waals surface area contributed by atoms with Gasteiger partial charge in [-0.3, -0.25) is 19.3 Å². The van der Waals surface area contributed by atoms with E-state index in [-0.39, 0.29) is 30.8 Å². The number of hydrogen-bond acceptors (Lipinski definition) is 7. The summed E-state index contributed by atoms with van der Waals surface area (Å²) >= 11 is 1.54. The fourth-order valence-electron chi connectivity index (χ4n) is 4.31. The maximum Gasteiger partial charge on any atom is 0.265 e. The molecule has 1 atom stereocenters. The van der Waals surface area contributed by atoms with Gasteiger partial charge in [-0.15, -0.1) is 11.3 Å². The van der Waals surface area contributed by atoms with Gasteiger partial charge in [0.05, 0.1) is 28.1 Å². The standard InChI is InChI=1S/C25H23N3O5S/c1-4-27-19-10-17(6-8-21(19)32-11-23(27)29)25(31)14(2)28-20-9-16(18-13-34-15(3)26-18)5-7-22(20)33-12-24(28)30/h5-10,13-14H,4,11-12H2,1-3H3. The molecule has 5 rings (SSSR count). The molecule has 174 valence electrons. The van der Waals surface area contributed by atoms with Crippen LogP contribution in [0.2, 0.25) is 0 Å². The zero-order valence-corrected chi connectivity index (χ0v) is 19.8. The Balaban J connectivity index is 1.50. The Bertz CT molecular complexity index is 1320. The molecule has 2 aromatic carbocycles. The van der Waals surface area contributed by atoms with Crippen molar-refractivity contribution >= 4 is 40.3 Å². The van der Waals surface area contributed by atoms with Gasteiger partial charge in [0.1, 0.15) is 11.5 Å². The first kappa shape index (κ1) is 22.1. The van der Waals surface area contributed by atoms with Crippen LogP contribution in [0, 0.1) is 6.92 Å². The first-order valence-corrected chi connectivity index (χ1v) is 11.9. The van der Waals surface area contributed by atoms with Crippen molar-refractivity contribution in [2.24, 2.45) is 0 Å². The van der Waals surface area contributed by atoms with Gasteiger partial charge in [-0.1, -0.05) is 0 Å². The fraction of sp³-hybridized carbons (Fsp3) is 0.280. The van der Waals surface area contributed by atoms with E-state index in [4.69, 9.17) is 9.47 Å². The molecule has 8 nitrogen and oxygen atoms in total. The van der Waals surface area contributed by atoms with E-state index in [9.17, 15) is 14.4 Å². The van der Waals surface area contributed by atoms with Crippen molar-refractivity contribution in [2.75, 3.05) is 29.6 Å². The summed E-state index contributed by atoms with van der Waals surface area (Å²) in [6, 6.07) is 9.78. The van der Waals surface area contributed by atoms with Gasteiger partial charge in [-0.25, -0.2) is 4.98 Å². The number of ketones is 1. The highest BCUT2D eigenvalue weighted by Crippen LogP contribution is 2.38. The molecule has 0 saturated heterocycles. The number of hydrogen-bond donors (Lipinski definition) is 0. The molecule has 3 aromatic rings. The van der Waals surface area contributed by atoms with Crippen molar-refractivity contribution in [1.29, 1.82) is 0 Å². The molecule has 1 aromatic heterocycles. The second kappa shape index (κ2) is 8.57. The number of Topliss-reactive ketones (excluding diaryl/α,β-unsaturated/α-hetero) is 1. The molecule has 3 heterocycles. The Morgan fingerprint density at radius 1 is 1.06 bits per heavy atom. The number of carbonyl (C=O) groups is 3. The number of benzene rings is 2. The summed E-state index contributed by atoms with van der Waals surface area (Å²) < 4.78 is 11.1. The van der Waals surface area contributed by atoms with Crippen LogP contribution in [-0.2, 0) is 9.59 Å². The van der Waals surface area contributed by atoms with E-state index < -0.39 is 6.04 Å². The van der Waals surface area contributed by atoms with Gasteiger partial charge in [0.2, 0.25) is 0 Å². The number of carbonyl (C=O) groups excluding carboxylic acids is 3. The van der Waals surface area contributed by atoms with Crippen molar-refractivity contribution in [3.8, 4) is 22.8 Å². The van der Waals surface area contributed by atoms with Gasteiger partial charge < -0.3 is 14.4 Å². The number of anilines is 2. The molecule has 0 fully saturated rings. The minimum Gasteiger partial charge on any atom is -0.482 e. The summed E-state index contributed by atoms with van der Waals surface area (Å²) in [6.07, 6.45) is 0.